The third kappa shape index (κ3) is 4.52. The van der Waals surface area contributed by atoms with Crippen molar-refractivity contribution in [2.75, 3.05) is 26.8 Å². The van der Waals surface area contributed by atoms with Crippen LogP contribution in [0, 0.1) is 5.41 Å². The van der Waals surface area contributed by atoms with Crippen LogP contribution in [0.25, 0.3) is 0 Å². The summed E-state index contributed by atoms with van der Waals surface area (Å²) in [6, 6.07) is 0. The third-order valence-corrected chi connectivity index (χ3v) is 3.87. The monoisotopic (exact) mass is 213 g/mol. The molecule has 1 aliphatic carbocycles. The van der Waals surface area contributed by atoms with E-state index in [0.717, 1.165) is 13.2 Å². The van der Waals surface area contributed by atoms with Gasteiger partial charge in [-0.2, -0.15) is 0 Å². The quantitative estimate of drug-likeness (QED) is 0.626. The molecule has 0 heterocycles. The van der Waals surface area contributed by atoms with Crippen LogP contribution in [-0.2, 0) is 4.74 Å². The van der Waals surface area contributed by atoms with Crippen molar-refractivity contribution < 1.29 is 4.74 Å². The predicted octanol–water partition coefficient (Wildman–Crippen LogP) is 2.97. The molecular weight excluding hydrogens is 186 g/mol. The molecule has 15 heavy (non-hydrogen) atoms. The molecule has 0 bridgehead atoms. The summed E-state index contributed by atoms with van der Waals surface area (Å²) in [6.45, 7) is 5.64. The van der Waals surface area contributed by atoms with Crippen LogP contribution < -0.4 is 5.32 Å². The van der Waals surface area contributed by atoms with Gasteiger partial charge in [0.25, 0.3) is 0 Å². The number of methoxy groups -OCH3 is 1. The van der Waals surface area contributed by atoms with Crippen molar-refractivity contribution in [1.29, 1.82) is 0 Å². The van der Waals surface area contributed by atoms with Crippen molar-refractivity contribution in [3.05, 3.63) is 0 Å². The van der Waals surface area contributed by atoms with Gasteiger partial charge in [-0.15, -0.1) is 0 Å². The van der Waals surface area contributed by atoms with E-state index in [9.17, 15) is 0 Å². The lowest BCUT2D eigenvalue weighted by molar-refractivity contribution is 0.191. The third-order valence-electron chi connectivity index (χ3n) is 3.87. The van der Waals surface area contributed by atoms with Crippen LogP contribution in [-0.4, -0.2) is 26.8 Å². The molecule has 0 spiro atoms. The van der Waals surface area contributed by atoms with Crippen LogP contribution in [0.4, 0.5) is 0 Å². The molecule has 0 aromatic carbocycles. The number of unbranched alkanes of at least 4 members (excludes halogenated alkanes) is 1. The Morgan fingerprint density at radius 1 is 1.20 bits per heavy atom. The van der Waals surface area contributed by atoms with Gasteiger partial charge in [0.05, 0.1) is 0 Å². The van der Waals surface area contributed by atoms with E-state index in [-0.39, 0.29) is 0 Å². The van der Waals surface area contributed by atoms with E-state index in [1.807, 2.05) is 0 Å². The maximum atomic E-state index is 5.04. The average molecular weight is 213 g/mol. The molecule has 1 N–H and O–H groups in total. The Morgan fingerprint density at radius 2 is 1.93 bits per heavy atom. The highest BCUT2D eigenvalue weighted by Gasteiger charge is 2.31. The average Bonchev–Trinajstić information content (AvgIpc) is 2.73. The van der Waals surface area contributed by atoms with E-state index in [2.05, 4.69) is 12.2 Å². The van der Waals surface area contributed by atoms with Crippen LogP contribution in [0.2, 0.25) is 0 Å². The zero-order chi connectivity index (χ0) is 11.0. The smallest absolute Gasteiger partial charge is 0.0462 e. The Kier molecular flexibility index (Phi) is 6.26. The van der Waals surface area contributed by atoms with Crippen LogP contribution in [0.1, 0.15) is 51.9 Å². The first-order valence-corrected chi connectivity index (χ1v) is 6.53. The highest BCUT2D eigenvalue weighted by Crippen LogP contribution is 2.40. The Morgan fingerprint density at radius 3 is 2.53 bits per heavy atom. The first-order chi connectivity index (χ1) is 7.33. The van der Waals surface area contributed by atoms with Gasteiger partial charge in [-0.3, -0.25) is 0 Å². The summed E-state index contributed by atoms with van der Waals surface area (Å²) in [7, 11) is 1.78. The van der Waals surface area contributed by atoms with Crippen LogP contribution in [0.3, 0.4) is 0 Å². The minimum atomic E-state index is 0.640. The Hall–Kier alpha value is -0.0800. The van der Waals surface area contributed by atoms with Crippen molar-refractivity contribution >= 4 is 0 Å². The maximum Gasteiger partial charge on any atom is 0.0462 e. The van der Waals surface area contributed by atoms with Crippen molar-refractivity contribution in [2.45, 2.75) is 51.9 Å². The molecule has 0 unspecified atom stereocenters. The predicted molar refractivity (Wildman–Crippen MR) is 65.2 cm³/mol. The number of nitrogens with one attached hydrogen (secondary N) is 1. The van der Waals surface area contributed by atoms with Crippen LogP contribution >= 0.6 is 0 Å². The molecule has 1 saturated carbocycles. The molecular formula is C13H27NO. The van der Waals surface area contributed by atoms with E-state index in [1.165, 1.54) is 51.5 Å². The second-order valence-electron chi connectivity index (χ2n) is 4.94. The molecule has 1 rings (SSSR count). The van der Waals surface area contributed by atoms with Crippen LogP contribution in [0.5, 0.6) is 0 Å². The zero-order valence-electron chi connectivity index (χ0n) is 10.5. The van der Waals surface area contributed by atoms with Gasteiger partial charge in [0.2, 0.25) is 0 Å². The molecule has 1 aliphatic rings. The van der Waals surface area contributed by atoms with E-state index >= 15 is 0 Å². The summed E-state index contributed by atoms with van der Waals surface area (Å²) >= 11 is 0. The molecule has 2 heteroatoms. The Labute approximate surface area is 94.8 Å². The van der Waals surface area contributed by atoms with Crippen molar-refractivity contribution in [1.82, 2.24) is 5.32 Å². The van der Waals surface area contributed by atoms with Gasteiger partial charge in [-0.05, 0) is 44.1 Å². The molecule has 0 amide bonds. The minimum Gasteiger partial charge on any atom is -0.385 e. The molecule has 2 nitrogen and oxygen atoms in total. The molecule has 0 aliphatic heterocycles. The van der Waals surface area contributed by atoms with Gasteiger partial charge in [0, 0.05) is 20.3 Å². The molecule has 0 radical (unpaired) electrons. The first kappa shape index (κ1) is 13.0. The Balaban J connectivity index is 2.02. The molecule has 0 atom stereocenters. The molecule has 1 fully saturated rings. The fraction of sp³-hybridized carbons (Fsp3) is 1.00. The largest absolute Gasteiger partial charge is 0.385 e. The van der Waals surface area contributed by atoms with E-state index < -0.39 is 0 Å². The lowest BCUT2D eigenvalue weighted by atomic mass is 9.83. The summed E-state index contributed by atoms with van der Waals surface area (Å²) in [5, 5.41) is 3.62. The van der Waals surface area contributed by atoms with Gasteiger partial charge in [-0.1, -0.05) is 19.8 Å². The minimum absolute atomic E-state index is 0.640. The van der Waals surface area contributed by atoms with Gasteiger partial charge in [-0.25, -0.2) is 0 Å². The number of hydrogen-bond donors (Lipinski definition) is 1. The normalized spacial score (nSPS) is 19.6. The summed E-state index contributed by atoms with van der Waals surface area (Å²) in [5.74, 6) is 0. The van der Waals surface area contributed by atoms with Gasteiger partial charge >= 0.3 is 0 Å². The summed E-state index contributed by atoms with van der Waals surface area (Å²) in [6.07, 6.45) is 9.54. The fourth-order valence-electron chi connectivity index (χ4n) is 2.63. The zero-order valence-corrected chi connectivity index (χ0v) is 10.5. The topological polar surface area (TPSA) is 21.3 Å². The van der Waals surface area contributed by atoms with Crippen molar-refractivity contribution in [2.24, 2.45) is 5.41 Å². The molecule has 0 aromatic rings. The highest BCUT2D eigenvalue weighted by molar-refractivity contribution is 4.85. The second-order valence-corrected chi connectivity index (χ2v) is 4.94. The number of rotatable bonds is 8. The summed E-state index contributed by atoms with van der Waals surface area (Å²) < 4.78 is 5.04. The number of ether oxygens (including phenoxy) is 1. The van der Waals surface area contributed by atoms with Crippen molar-refractivity contribution in [3.63, 3.8) is 0 Å². The summed E-state index contributed by atoms with van der Waals surface area (Å²) in [4.78, 5) is 0. The van der Waals surface area contributed by atoms with Gasteiger partial charge in [0.15, 0.2) is 0 Å². The summed E-state index contributed by atoms with van der Waals surface area (Å²) in [5.41, 5.74) is 0.640. The van der Waals surface area contributed by atoms with E-state index in [0.29, 0.717) is 5.41 Å². The second kappa shape index (κ2) is 7.24. The number of hydrogen-bond acceptors (Lipinski definition) is 2. The van der Waals surface area contributed by atoms with Gasteiger partial charge < -0.3 is 10.1 Å². The lowest BCUT2D eigenvalue weighted by Crippen LogP contribution is -2.32. The highest BCUT2D eigenvalue weighted by atomic mass is 16.5. The Bertz CT molecular complexity index is 153. The van der Waals surface area contributed by atoms with E-state index in [1.54, 1.807) is 7.11 Å². The van der Waals surface area contributed by atoms with E-state index in [4.69, 9.17) is 4.74 Å². The van der Waals surface area contributed by atoms with Crippen molar-refractivity contribution in [3.8, 4) is 0 Å². The fourth-order valence-corrected chi connectivity index (χ4v) is 2.63. The first-order valence-electron chi connectivity index (χ1n) is 6.53. The molecule has 90 valence electrons. The molecule has 0 saturated heterocycles. The molecule has 0 aromatic heterocycles. The SMILES string of the molecule is CCC1(CNCCCCOC)CCCC1. The van der Waals surface area contributed by atoms with Crippen LogP contribution in [0.15, 0.2) is 0 Å². The maximum absolute atomic E-state index is 5.04. The van der Waals surface area contributed by atoms with Gasteiger partial charge in [0.1, 0.15) is 0 Å². The standard InChI is InChI=1S/C13H27NO/c1-3-13(8-4-5-9-13)12-14-10-6-7-11-15-2/h14H,3-12H2,1-2H3. The lowest BCUT2D eigenvalue weighted by Gasteiger charge is -2.27.